The maximum Gasteiger partial charge on any atom is 0.403 e. The second kappa shape index (κ2) is 6.19. The second-order valence-electron chi connectivity index (χ2n) is 3.56. The highest BCUT2D eigenvalue weighted by Crippen LogP contribution is 2.35. The summed E-state index contributed by atoms with van der Waals surface area (Å²) in [6.45, 7) is -0.861. The highest BCUT2D eigenvalue weighted by atomic mass is 79.9. The van der Waals surface area contributed by atoms with Gasteiger partial charge in [-0.05, 0) is 12.1 Å². The summed E-state index contributed by atoms with van der Waals surface area (Å²) < 4.78 is 37.9. The van der Waals surface area contributed by atoms with E-state index in [9.17, 15) is 18.0 Å². The van der Waals surface area contributed by atoms with Crippen LogP contribution in [-0.2, 0) is 4.79 Å². The van der Waals surface area contributed by atoms with Gasteiger partial charge in [0.1, 0.15) is 0 Å². The van der Waals surface area contributed by atoms with E-state index in [1.165, 1.54) is 12.1 Å². The number of hydrogen-bond donors (Lipinski definition) is 2. The van der Waals surface area contributed by atoms with Crippen LogP contribution in [0.2, 0.25) is 10.0 Å². The predicted molar refractivity (Wildman–Crippen MR) is 69.8 cm³/mol. The molecule has 3 nitrogen and oxygen atoms in total. The minimum absolute atomic E-state index is 0.0574. The van der Waals surface area contributed by atoms with Gasteiger partial charge < -0.3 is 10.4 Å². The molecule has 1 rings (SSSR count). The lowest BCUT2D eigenvalue weighted by Gasteiger charge is -2.18. The second-order valence-corrected chi connectivity index (χ2v) is 5.29. The number of halogens is 6. The topological polar surface area (TPSA) is 49.3 Å². The van der Waals surface area contributed by atoms with Gasteiger partial charge in [0, 0.05) is 11.0 Å². The van der Waals surface area contributed by atoms with Crippen molar-refractivity contribution in [3.63, 3.8) is 0 Å². The Labute approximate surface area is 124 Å². The van der Waals surface area contributed by atoms with Crippen LogP contribution in [0.25, 0.3) is 0 Å². The molecule has 19 heavy (non-hydrogen) atoms. The van der Waals surface area contributed by atoms with Crippen molar-refractivity contribution in [2.45, 2.75) is 6.18 Å². The maximum absolute atomic E-state index is 12.4. The summed E-state index contributed by atoms with van der Waals surface area (Å²) in [6.07, 6.45) is -4.85. The molecule has 0 aliphatic rings. The minimum Gasteiger partial charge on any atom is -0.481 e. The van der Waals surface area contributed by atoms with Crippen LogP contribution in [-0.4, -0.2) is 23.8 Å². The van der Waals surface area contributed by atoms with Crippen molar-refractivity contribution in [1.82, 2.24) is 0 Å². The molecule has 0 heterocycles. The van der Waals surface area contributed by atoms with Gasteiger partial charge in [0.05, 0.1) is 15.7 Å². The smallest absolute Gasteiger partial charge is 0.403 e. The van der Waals surface area contributed by atoms with Crippen molar-refractivity contribution in [2.75, 3.05) is 11.9 Å². The first-order valence-corrected chi connectivity index (χ1v) is 6.35. The first kappa shape index (κ1) is 16.4. The summed E-state index contributed by atoms with van der Waals surface area (Å²) in [6, 6.07) is 2.86. The van der Waals surface area contributed by atoms with Gasteiger partial charge in [0.2, 0.25) is 0 Å². The number of carboxylic acids is 1. The lowest BCUT2D eigenvalue weighted by Crippen LogP contribution is -2.36. The first-order valence-electron chi connectivity index (χ1n) is 4.81. The number of aliphatic carboxylic acids is 1. The van der Waals surface area contributed by atoms with Gasteiger partial charge in [0.25, 0.3) is 0 Å². The maximum atomic E-state index is 12.4. The van der Waals surface area contributed by atoms with E-state index in [4.69, 9.17) is 28.3 Å². The number of benzene rings is 1. The van der Waals surface area contributed by atoms with Gasteiger partial charge in [-0.2, -0.15) is 13.2 Å². The largest absolute Gasteiger partial charge is 0.481 e. The molecule has 1 atom stereocenters. The predicted octanol–water partition coefficient (Wildman–Crippen LogP) is 4.43. The van der Waals surface area contributed by atoms with E-state index >= 15 is 0 Å². The number of rotatable bonds is 4. The molecule has 1 unspecified atom stereocenters. The van der Waals surface area contributed by atoms with Crippen molar-refractivity contribution in [3.05, 3.63) is 26.7 Å². The Balaban J connectivity index is 2.90. The van der Waals surface area contributed by atoms with Gasteiger partial charge in [-0.15, -0.1) is 0 Å². The Hall–Kier alpha value is -0.660. The van der Waals surface area contributed by atoms with Crippen LogP contribution in [0.15, 0.2) is 16.6 Å². The standard InChI is InChI=1S/C10H7BrCl2F3NO2/c11-4-1-6(12)8(7(13)2-4)17-3-5(9(18)19)10(14,15)16/h1-2,5,17H,3H2,(H,18,19). The van der Waals surface area contributed by atoms with Gasteiger partial charge >= 0.3 is 12.1 Å². The summed E-state index contributed by atoms with van der Waals surface area (Å²) in [5.74, 6) is -4.51. The number of nitrogens with one attached hydrogen (secondary N) is 1. The minimum atomic E-state index is -4.85. The SMILES string of the molecule is O=C(O)C(CNc1c(Cl)cc(Br)cc1Cl)C(F)(F)F. The summed E-state index contributed by atoms with van der Waals surface area (Å²) >= 11 is 14.7. The Kier molecular flexibility index (Phi) is 5.34. The molecule has 0 fully saturated rings. The van der Waals surface area contributed by atoms with Crippen LogP contribution in [0.3, 0.4) is 0 Å². The molecule has 0 aliphatic carbocycles. The van der Waals surface area contributed by atoms with E-state index in [2.05, 4.69) is 21.2 Å². The van der Waals surface area contributed by atoms with Crippen molar-refractivity contribution >= 4 is 50.8 Å². The fourth-order valence-electron chi connectivity index (χ4n) is 1.26. The van der Waals surface area contributed by atoms with E-state index in [-0.39, 0.29) is 15.7 Å². The zero-order chi connectivity index (χ0) is 14.8. The Morgan fingerprint density at radius 2 is 1.84 bits per heavy atom. The number of carbonyl (C=O) groups is 1. The molecule has 0 aromatic heterocycles. The zero-order valence-corrected chi connectivity index (χ0v) is 12.2. The molecule has 0 radical (unpaired) electrons. The average Bonchev–Trinajstić information content (AvgIpc) is 2.18. The molecule has 1 aromatic carbocycles. The van der Waals surface area contributed by atoms with Gasteiger partial charge in [-0.3, -0.25) is 4.79 Å². The third-order valence-corrected chi connectivity index (χ3v) is 3.24. The van der Waals surface area contributed by atoms with Crippen LogP contribution in [0.4, 0.5) is 18.9 Å². The molecule has 106 valence electrons. The molecular formula is C10H7BrCl2F3NO2. The molecule has 9 heteroatoms. The first-order chi connectivity index (χ1) is 8.62. The number of carboxylic acid groups (broad SMARTS) is 1. The van der Waals surface area contributed by atoms with E-state index in [1.54, 1.807) is 0 Å². The van der Waals surface area contributed by atoms with Crippen molar-refractivity contribution < 1.29 is 23.1 Å². The molecule has 0 aliphatic heterocycles. The van der Waals surface area contributed by atoms with Crippen LogP contribution in [0.1, 0.15) is 0 Å². The molecule has 1 aromatic rings. The third kappa shape index (κ3) is 4.43. The van der Waals surface area contributed by atoms with E-state index in [1.807, 2.05) is 0 Å². The molecule has 0 spiro atoms. The summed E-state index contributed by atoms with van der Waals surface area (Å²) in [5.41, 5.74) is 0.0574. The fraction of sp³-hybridized carbons (Fsp3) is 0.300. The highest BCUT2D eigenvalue weighted by Gasteiger charge is 2.45. The third-order valence-electron chi connectivity index (χ3n) is 2.18. The van der Waals surface area contributed by atoms with Gasteiger partial charge in [-0.25, -0.2) is 0 Å². The molecule has 0 saturated carbocycles. The van der Waals surface area contributed by atoms with Crippen molar-refractivity contribution in [1.29, 1.82) is 0 Å². The van der Waals surface area contributed by atoms with Gasteiger partial charge in [0.15, 0.2) is 5.92 Å². The number of hydrogen-bond acceptors (Lipinski definition) is 2. The lowest BCUT2D eigenvalue weighted by molar-refractivity contribution is -0.190. The molecule has 2 N–H and O–H groups in total. The molecule has 0 saturated heterocycles. The lowest BCUT2D eigenvalue weighted by atomic mass is 10.1. The van der Waals surface area contributed by atoms with E-state index < -0.39 is 24.6 Å². The van der Waals surface area contributed by atoms with E-state index in [0.717, 1.165) is 0 Å². The van der Waals surface area contributed by atoms with Crippen molar-refractivity contribution in [3.8, 4) is 0 Å². The van der Waals surface area contributed by atoms with Crippen LogP contribution in [0.5, 0.6) is 0 Å². The van der Waals surface area contributed by atoms with Crippen LogP contribution < -0.4 is 5.32 Å². The van der Waals surface area contributed by atoms with Gasteiger partial charge in [-0.1, -0.05) is 39.1 Å². The monoisotopic (exact) mass is 379 g/mol. The average molecular weight is 381 g/mol. The summed E-state index contributed by atoms with van der Waals surface area (Å²) in [5, 5.41) is 11.0. The number of alkyl halides is 3. The Bertz CT molecular complexity index is 473. The summed E-state index contributed by atoms with van der Waals surface area (Å²) in [4.78, 5) is 10.6. The molecule has 0 bridgehead atoms. The Morgan fingerprint density at radius 1 is 1.37 bits per heavy atom. The van der Waals surface area contributed by atoms with Crippen LogP contribution in [0, 0.1) is 5.92 Å². The zero-order valence-electron chi connectivity index (χ0n) is 9.06. The van der Waals surface area contributed by atoms with Crippen LogP contribution >= 0.6 is 39.1 Å². The number of anilines is 1. The Morgan fingerprint density at radius 3 is 2.21 bits per heavy atom. The fourth-order valence-corrected chi connectivity index (χ4v) is 2.60. The molecular weight excluding hydrogens is 374 g/mol. The quantitative estimate of drug-likeness (QED) is 0.812. The normalized spacial score (nSPS) is 13.2. The summed E-state index contributed by atoms with van der Waals surface area (Å²) in [7, 11) is 0. The van der Waals surface area contributed by atoms with E-state index in [0.29, 0.717) is 4.47 Å². The molecule has 0 amide bonds. The van der Waals surface area contributed by atoms with Crippen molar-refractivity contribution in [2.24, 2.45) is 5.92 Å². The highest BCUT2D eigenvalue weighted by molar-refractivity contribution is 9.10.